The van der Waals surface area contributed by atoms with E-state index in [1.54, 1.807) is 6.07 Å². The molecule has 2 rings (SSSR count). The van der Waals surface area contributed by atoms with Gasteiger partial charge in [0, 0.05) is 36.5 Å². The van der Waals surface area contributed by atoms with Crippen molar-refractivity contribution >= 4 is 17.7 Å². The number of hydrogen-bond donors (Lipinski definition) is 0. The van der Waals surface area contributed by atoms with Gasteiger partial charge in [-0.3, -0.25) is 14.9 Å². The van der Waals surface area contributed by atoms with Crippen LogP contribution in [0.25, 0.3) is 0 Å². The fourth-order valence-corrected chi connectivity index (χ4v) is 2.90. The van der Waals surface area contributed by atoms with Gasteiger partial charge >= 0.3 is 0 Å². The molecule has 5 heteroatoms. The number of non-ortho nitro benzene ring substituents is 1. The Bertz CT molecular complexity index is 508. The number of nitrogens with zero attached hydrogens (tertiary/aromatic N) is 2. The van der Waals surface area contributed by atoms with Crippen molar-refractivity contribution in [3.63, 3.8) is 0 Å². The summed E-state index contributed by atoms with van der Waals surface area (Å²) in [6, 6.07) is 4.90. The van der Waals surface area contributed by atoms with Crippen molar-refractivity contribution in [1.82, 2.24) is 0 Å². The van der Waals surface area contributed by atoms with Crippen LogP contribution in [-0.4, -0.2) is 24.3 Å². The second kappa shape index (κ2) is 6.03. The minimum Gasteiger partial charge on any atom is -0.371 e. The summed E-state index contributed by atoms with van der Waals surface area (Å²) < 4.78 is 0. The Balaban J connectivity index is 2.23. The molecule has 0 aliphatic heterocycles. The number of nitro benzene ring substituents is 1. The second-order valence-electron chi connectivity index (χ2n) is 5.64. The van der Waals surface area contributed by atoms with E-state index < -0.39 is 4.92 Å². The molecule has 0 aromatic heterocycles. The smallest absolute Gasteiger partial charge is 0.270 e. The first-order valence-electron chi connectivity index (χ1n) is 6.99. The molecule has 20 heavy (non-hydrogen) atoms. The van der Waals surface area contributed by atoms with Gasteiger partial charge in [0.1, 0.15) is 0 Å². The van der Waals surface area contributed by atoms with Crippen molar-refractivity contribution in [3.05, 3.63) is 33.9 Å². The fraction of sp³-hybridized carbons (Fsp3) is 0.533. The van der Waals surface area contributed by atoms with E-state index in [-0.39, 0.29) is 5.69 Å². The first kappa shape index (κ1) is 14.5. The number of aldehydes is 1. The molecule has 1 fully saturated rings. The number of benzene rings is 1. The maximum atomic E-state index is 11.2. The Labute approximate surface area is 118 Å². The predicted octanol–water partition coefficient (Wildman–Crippen LogP) is 3.42. The first-order chi connectivity index (χ1) is 9.52. The second-order valence-corrected chi connectivity index (χ2v) is 5.64. The minimum atomic E-state index is -0.473. The maximum absolute atomic E-state index is 11.2. The zero-order valence-corrected chi connectivity index (χ0v) is 11.9. The van der Waals surface area contributed by atoms with Crippen LogP contribution in [0.2, 0.25) is 0 Å². The summed E-state index contributed by atoms with van der Waals surface area (Å²) in [6.45, 7) is 2.26. The Morgan fingerprint density at radius 2 is 1.95 bits per heavy atom. The fourth-order valence-electron chi connectivity index (χ4n) is 2.90. The van der Waals surface area contributed by atoms with Crippen molar-refractivity contribution in [2.45, 2.75) is 38.6 Å². The molecule has 0 saturated heterocycles. The van der Waals surface area contributed by atoms with Crippen LogP contribution in [-0.2, 0) is 0 Å². The average Bonchev–Trinajstić information content (AvgIpc) is 2.46. The van der Waals surface area contributed by atoms with Gasteiger partial charge < -0.3 is 4.90 Å². The van der Waals surface area contributed by atoms with Gasteiger partial charge in [-0.15, -0.1) is 0 Å². The molecule has 108 valence electrons. The van der Waals surface area contributed by atoms with Crippen LogP contribution < -0.4 is 4.90 Å². The van der Waals surface area contributed by atoms with Gasteiger partial charge in [-0.1, -0.05) is 6.92 Å². The summed E-state index contributed by atoms with van der Waals surface area (Å²) in [6.07, 6.45) is 5.29. The van der Waals surface area contributed by atoms with Crippen LogP contribution in [0.4, 0.5) is 11.4 Å². The monoisotopic (exact) mass is 276 g/mol. The van der Waals surface area contributed by atoms with E-state index in [4.69, 9.17) is 0 Å². The lowest BCUT2D eigenvalue weighted by Gasteiger charge is -2.35. The highest BCUT2D eigenvalue weighted by atomic mass is 16.6. The molecule has 0 unspecified atom stereocenters. The zero-order valence-electron chi connectivity index (χ0n) is 11.9. The molecule has 0 heterocycles. The quantitative estimate of drug-likeness (QED) is 0.480. The Morgan fingerprint density at radius 1 is 1.30 bits per heavy atom. The lowest BCUT2D eigenvalue weighted by molar-refractivity contribution is -0.384. The molecular formula is C15H20N2O3. The van der Waals surface area contributed by atoms with Gasteiger partial charge in [0.2, 0.25) is 0 Å². The van der Waals surface area contributed by atoms with Crippen molar-refractivity contribution in [2.75, 3.05) is 11.9 Å². The molecule has 1 aliphatic carbocycles. The van der Waals surface area contributed by atoms with E-state index >= 15 is 0 Å². The summed E-state index contributed by atoms with van der Waals surface area (Å²) in [5.74, 6) is 0.766. The number of anilines is 1. The molecule has 0 radical (unpaired) electrons. The molecule has 1 aliphatic rings. The zero-order chi connectivity index (χ0) is 14.7. The van der Waals surface area contributed by atoms with Crippen LogP contribution in [0.3, 0.4) is 0 Å². The summed E-state index contributed by atoms with van der Waals surface area (Å²) in [5, 5.41) is 10.8. The van der Waals surface area contributed by atoms with Gasteiger partial charge in [0.15, 0.2) is 6.29 Å². The highest BCUT2D eigenvalue weighted by Gasteiger charge is 2.24. The highest BCUT2D eigenvalue weighted by molar-refractivity contribution is 5.86. The number of carbonyl (C=O) groups excluding carboxylic acids is 1. The summed E-state index contributed by atoms with van der Waals surface area (Å²) >= 11 is 0. The van der Waals surface area contributed by atoms with Gasteiger partial charge in [-0.25, -0.2) is 0 Å². The molecule has 5 nitrogen and oxygen atoms in total. The van der Waals surface area contributed by atoms with Crippen LogP contribution in [0.15, 0.2) is 18.2 Å². The number of hydrogen-bond acceptors (Lipinski definition) is 4. The lowest BCUT2D eigenvalue weighted by atomic mass is 9.86. The molecular weight excluding hydrogens is 256 g/mol. The van der Waals surface area contributed by atoms with Crippen LogP contribution in [0, 0.1) is 16.0 Å². The third kappa shape index (κ3) is 2.98. The Kier molecular flexibility index (Phi) is 4.37. The largest absolute Gasteiger partial charge is 0.371 e. The van der Waals surface area contributed by atoms with E-state index in [9.17, 15) is 14.9 Å². The van der Waals surface area contributed by atoms with E-state index in [0.717, 1.165) is 24.4 Å². The topological polar surface area (TPSA) is 63.4 Å². The van der Waals surface area contributed by atoms with Crippen molar-refractivity contribution in [3.8, 4) is 0 Å². The van der Waals surface area contributed by atoms with E-state index in [0.29, 0.717) is 17.9 Å². The summed E-state index contributed by atoms with van der Waals surface area (Å²) in [5.41, 5.74) is 1.13. The van der Waals surface area contributed by atoms with Crippen LogP contribution >= 0.6 is 0 Å². The number of carbonyl (C=O) groups is 1. The van der Waals surface area contributed by atoms with Crippen LogP contribution in [0.1, 0.15) is 43.0 Å². The van der Waals surface area contributed by atoms with E-state index in [1.165, 1.54) is 25.0 Å². The van der Waals surface area contributed by atoms with E-state index in [2.05, 4.69) is 11.8 Å². The third-order valence-corrected chi connectivity index (χ3v) is 4.26. The normalized spacial score (nSPS) is 22.3. The Hall–Kier alpha value is -1.91. The van der Waals surface area contributed by atoms with Gasteiger partial charge in [0.25, 0.3) is 5.69 Å². The van der Waals surface area contributed by atoms with Crippen molar-refractivity contribution in [2.24, 2.45) is 5.92 Å². The highest BCUT2D eigenvalue weighted by Crippen LogP contribution is 2.31. The van der Waals surface area contributed by atoms with Crippen molar-refractivity contribution in [1.29, 1.82) is 0 Å². The molecule has 0 N–H and O–H groups in total. The molecule has 0 atom stereocenters. The van der Waals surface area contributed by atoms with Gasteiger partial charge in [-0.2, -0.15) is 0 Å². The summed E-state index contributed by atoms with van der Waals surface area (Å²) in [4.78, 5) is 23.6. The molecule has 0 bridgehead atoms. The standard InChI is InChI=1S/C15H20N2O3/c1-11-3-5-13(6-4-11)16(2)15-8-7-14(17(19)20)9-12(15)10-18/h7-11,13H,3-6H2,1-2H3. The Morgan fingerprint density at radius 3 is 2.50 bits per heavy atom. The predicted molar refractivity (Wildman–Crippen MR) is 78.3 cm³/mol. The third-order valence-electron chi connectivity index (χ3n) is 4.26. The first-order valence-corrected chi connectivity index (χ1v) is 6.99. The lowest BCUT2D eigenvalue weighted by Crippen LogP contribution is -2.35. The number of rotatable bonds is 4. The van der Waals surface area contributed by atoms with Gasteiger partial charge in [-0.05, 0) is 37.7 Å². The molecule has 1 saturated carbocycles. The number of nitro groups is 1. The van der Waals surface area contributed by atoms with Crippen LogP contribution in [0.5, 0.6) is 0 Å². The molecule has 1 aromatic rings. The van der Waals surface area contributed by atoms with Crippen molar-refractivity contribution < 1.29 is 9.72 Å². The average molecular weight is 276 g/mol. The molecule has 0 amide bonds. The molecule has 0 spiro atoms. The molecule has 1 aromatic carbocycles. The summed E-state index contributed by atoms with van der Waals surface area (Å²) in [7, 11) is 1.97. The SMILES string of the molecule is CC1CCC(N(C)c2ccc([N+](=O)[O-])cc2C=O)CC1. The van der Waals surface area contributed by atoms with Gasteiger partial charge in [0.05, 0.1) is 4.92 Å². The van der Waals surface area contributed by atoms with E-state index in [1.807, 2.05) is 7.05 Å². The minimum absolute atomic E-state index is 0.0403. The maximum Gasteiger partial charge on any atom is 0.270 e.